The van der Waals surface area contributed by atoms with Crippen molar-refractivity contribution in [3.05, 3.63) is 24.2 Å². The second-order valence-corrected chi connectivity index (χ2v) is 4.99. The molecule has 0 bridgehead atoms. The minimum atomic E-state index is -0.629. The lowest BCUT2D eigenvalue weighted by molar-refractivity contribution is -0.122. The summed E-state index contributed by atoms with van der Waals surface area (Å²) in [6, 6.07) is 0.911. The van der Waals surface area contributed by atoms with Gasteiger partial charge in [0.15, 0.2) is 0 Å². The summed E-state index contributed by atoms with van der Waals surface area (Å²) in [4.78, 5) is 23.7. The molecule has 20 heavy (non-hydrogen) atoms. The first kappa shape index (κ1) is 16.2. The van der Waals surface area contributed by atoms with Crippen LogP contribution in [0.1, 0.15) is 44.0 Å². The predicted molar refractivity (Wildman–Crippen MR) is 76.1 cm³/mol. The van der Waals surface area contributed by atoms with Crippen LogP contribution in [-0.2, 0) is 4.79 Å². The van der Waals surface area contributed by atoms with Crippen molar-refractivity contribution >= 4 is 11.8 Å². The highest BCUT2D eigenvalue weighted by molar-refractivity contribution is 5.97. The lowest BCUT2D eigenvalue weighted by Crippen LogP contribution is -2.53. The van der Waals surface area contributed by atoms with Gasteiger partial charge in [0, 0.05) is 12.1 Å². The molecule has 1 heterocycles. The molecule has 1 aromatic heterocycles. The Hall–Kier alpha value is -1.82. The number of rotatable bonds is 7. The number of carbonyl (C=O) groups excluding carboxylic acids is 2. The highest BCUT2D eigenvalue weighted by Gasteiger charge is 2.23. The van der Waals surface area contributed by atoms with Gasteiger partial charge >= 0.3 is 0 Å². The Morgan fingerprint density at radius 1 is 1.40 bits per heavy atom. The van der Waals surface area contributed by atoms with E-state index in [-0.39, 0.29) is 11.8 Å². The molecular weight excluding hydrogens is 258 g/mol. The van der Waals surface area contributed by atoms with Crippen molar-refractivity contribution in [2.75, 3.05) is 6.54 Å². The van der Waals surface area contributed by atoms with Crippen LogP contribution in [0.5, 0.6) is 0 Å². The Kier molecular flexibility index (Phi) is 5.76. The SMILES string of the molecule is CCC(N)(CC)CNC(=O)C(C)NC(=O)c1ccoc1. The standard InChI is InChI=1S/C14H23N3O3/c1-4-14(15,5-2)9-16-12(18)10(3)17-13(19)11-6-7-20-8-11/h6-8,10H,4-5,9,15H2,1-3H3,(H,16,18)(H,17,19). The lowest BCUT2D eigenvalue weighted by atomic mass is 9.94. The van der Waals surface area contributed by atoms with Crippen LogP contribution in [0.15, 0.2) is 23.0 Å². The van der Waals surface area contributed by atoms with Crippen LogP contribution in [0.4, 0.5) is 0 Å². The van der Waals surface area contributed by atoms with Gasteiger partial charge in [-0.2, -0.15) is 0 Å². The molecule has 6 nitrogen and oxygen atoms in total. The van der Waals surface area contributed by atoms with Crippen molar-refractivity contribution in [2.24, 2.45) is 5.73 Å². The first-order chi connectivity index (χ1) is 9.41. The van der Waals surface area contributed by atoms with Gasteiger partial charge in [-0.1, -0.05) is 13.8 Å². The van der Waals surface area contributed by atoms with Crippen molar-refractivity contribution in [1.29, 1.82) is 0 Å². The van der Waals surface area contributed by atoms with Gasteiger partial charge in [-0.3, -0.25) is 9.59 Å². The fourth-order valence-corrected chi connectivity index (χ4v) is 1.66. The molecule has 4 N–H and O–H groups in total. The summed E-state index contributed by atoms with van der Waals surface area (Å²) in [5, 5.41) is 5.38. The van der Waals surface area contributed by atoms with Crippen LogP contribution in [-0.4, -0.2) is 29.9 Å². The van der Waals surface area contributed by atoms with Crippen LogP contribution in [0.2, 0.25) is 0 Å². The van der Waals surface area contributed by atoms with Crippen LogP contribution in [0.3, 0.4) is 0 Å². The van der Waals surface area contributed by atoms with E-state index in [1.54, 1.807) is 13.0 Å². The van der Waals surface area contributed by atoms with E-state index >= 15 is 0 Å². The third kappa shape index (κ3) is 4.38. The number of amides is 2. The second kappa shape index (κ2) is 7.09. The average Bonchev–Trinajstić information content (AvgIpc) is 2.98. The number of furan rings is 1. The highest BCUT2D eigenvalue weighted by Crippen LogP contribution is 2.09. The third-order valence-electron chi connectivity index (χ3n) is 3.55. The lowest BCUT2D eigenvalue weighted by Gasteiger charge is -2.27. The Balaban J connectivity index is 2.45. The van der Waals surface area contributed by atoms with Crippen LogP contribution in [0.25, 0.3) is 0 Å². The van der Waals surface area contributed by atoms with Gasteiger partial charge in [-0.15, -0.1) is 0 Å². The molecular formula is C14H23N3O3. The molecule has 0 saturated heterocycles. The zero-order valence-corrected chi connectivity index (χ0v) is 12.2. The van der Waals surface area contributed by atoms with E-state index in [0.717, 1.165) is 12.8 Å². The summed E-state index contributed by atoms with van der Waals surface area (Å²) in [7, 11) is 0. The van der Waals surface area contributed by atoms with E-state index in [0.29, 0.717) is 12.1 Å². The van der Waals surface area contributed by atoms with Gasteiger partial charge in [-0.05, 0) is 25.8 Å². The highest BCUT2D eigenvalue weighted by atomic mass is 16.3. The number of hydrogen-bond donors (Lipinski definition) is 3. The molecule has 1 atom stereocenters. The van der Waals surface area contributed by atoms with Gasteiger partial charge in [0.2, 0.25) is 5.91 Å². The zero-order chi connectivity index (χ0) is 15.2. The van der Waals surface area contributed by atoms with Crippen molar-refractivity contribution in [3.8, 4) is 0 Å². The van der Waals surface area contributed by atoms with Crippen molar-refractivity contribution in [1.82, 2.24) is 10.6 Å². The number of hydrogen-bond acceptors (Lipinski definition) is 4. The quantitative estimate of drug-likeness (QED) is 0.695. The third-order valence-corrected chi connectivity index (χ3v) is 3.55. The Labute approximate surface area is 119 Å². The van der Waals surface area contributed by atoms with Gasteiger partial charge in [0.1, 0.15) is 12.3 Å². The molecule has 0 radical (unpaired) electrons. The number of carbonyl (C=O) groups is 2. The summed E-state index contributed by atoms with van der Waals surface area (Å²) in [5.74, 6) is -0.593. The fourth-order valence-electron chi connectivity index (χ4n) is 1.66. The Morgan fingerprint density at radius 3 is 2.55 bits per heavy atom. The molecule has 0 fully saturated rings. The maximum absolute atomic E-state index is 11.9. The molecule has 0 aliphatic rings. The van der Waals surface area contributed by atoms with Crippen LogP contribution >= 0.6 is 0 Å². The minimum Gasteiger partial charge on any atom is -0.472 e. The van der Waals surface area contributed by atoms with Crippen molar-refractivity contribution in [3.63, 3.8) is 0 Å². The van der Waals surface area contributed by atoms with Gasteiger partial charge in [0.25, 0.3) is 5.91 Å². The zero-order valence-electron chi connectivity index (χ0n) is 12.2. The Bertz CT molecular complexity index is 439. The molecule has 0 saturated carbocycles. The number of nitrogens with one attached hydrogen (secondary N) is 2. The van der Waals surface area contributed by atoms with Crippen molar-refractivity contribution < 1.29 is 14.0 Å². The molecule has 0 aliphatic carbocycles. The fraction of sp³-hybridized carbons (Fsp3) is 0.571. The minimum absolute atomic E-state index is 0.251. The molecule has 112 valence electrons. The normalized spacial score (nSPS) is 12.8. The molecule has 1 unspecified atom stereocenters. The van der Waals surface area contributed by atoms with Crippen LogP contribution in [0, 0.1) is 0 Å². The van der Waals surface area contributed by atoms with E-state index in [1.165, 1.54) is 12.5 Å². The smallest absolute Gasteiger partial charge is 0.255 e. The molecule has 0 aromatic carbocycles. The topological polar surface area (TPSA) is 97.4 Å². The largest absolute Gasteiger partial charge is 0.472 e. The summed E-state index contributed by atoms with van der Waals surface area (Å²) >= 11 is 0. The summed E-state index contributed by atoms with van der Waals surface area (Å²) < 4.78 is 4.82. The molecule has 1 aromatic rings. The maximum Gasteiger partial charge on any atom is 0.255 e. The first-order valence-corrected chi connectivity index (χ1v) is 6.81. The molecule has 0 aliphatic heterocycles. The van der Waals surface area contributed by atoms with Gasteiger partial charge in [-0.25, -0.2) is 0 Å². The monoisotopic (exact) mass is 281 g/mol. The second-order valence-electron chi connectivity index (χ2n) is 4.99. The van der Waals surface area contributed by atoms with E-state index in [2.05, 4.69) is 10.6 Å². The molecule has 1 rings (SSSR count). The van der Waals surface area contributed by atoms with Crippen LogP contribution < -0.4 is 16.4 Å². The van der Waals surface area contributed by atoms with E-state index in [1.807, 2.05) is 13.8 Å². The van der Waals surface area contributed by atoms with Gasteiger partial charge in [0.05, 0.1) is 11.8 Å². The first-order valence-electron chi connectivity index (χ1n) is 6.81. The maximum atomic E-state index is 11.9. The van der Waals surface area contributed by atoms with E-state index in [4.69, 9.17) is 10.2 Å². The van der Waals surface area contributed by atoms with Crippen molar-refractivity contribution in [2.45, 2.75) is 45.2 Å². The van der Waals surface area contributed by atoms with E-state index in [9.17, 15) is 9.59 Å². The van der Waals surface area contributed by atoms with E-state index < -0.39 is 11.6 Å². The van der Waals surface area contributed by atoms with Gasteiger partial charge < -0.3 is 20.8 Å². The molecule has 6 heteroatoms. The summed E-state index contributed by atoms with van der Waals surface area (Å²) in [6.07, 6.45) is 4.29. The summed E-state index contributed by atoms with van der Waals surface area (Å²) in [6.45, 7) is 5.99. The number of nitrogens with two attached hydrogens (primary N) is 1. The predicted octanol–water partition coefficient (Wildman–Crippen LogP) is 1.03. The molecule has 0 spiro atoms. The Morgan fingerprint density at radius 2 is 2.05 bits per heavy atom. The molecule has 2 amide bonds. The average molecular weight is 281 g/mol. The summed E-state index contributed by atoms with van der Waals surface area (Å²) in [5.41, 5.74) is 6.10.